The minimum atomic E-state index is -0.910. The third-order valence-electron chi connectivity index (χ3n) is 5.27. The average molecular weight is 387 g/mol. The lowest BCUT2D eigenvalue weighted by molar-refractivity contribution is -0.143. The molecule has 0 aromatic carbocycles. The van der Waals surface area contributed by atoms with Gasteiger partial charge in [0, 0.05) is 12.1 Å². The molecule has 7 nitrogen and oxygen atoms in total. The number of carboxylic acids is 1. The van der Waals surface area contributed by atoms with Crippen LogP contribution in [-0.4, -0.2) is 38.6 Å². The van der Waals surface area contributed by atoms with Gasteiger partial charge in [0.1, 0.15) is 11.6 Å². The number of anilines is 2. The van der Waals surface area contributed by atoms with E-state index in [1.165, 1.54) is 6.07 Å². The first kappa shape index (κ1) is 18.3. The van der Waals surface area contributed by atoms with Gasteiger partial charge in [-0.3, -0.25) is 4.79 Å². The number of hydrogen-bond donors (Lipinski definition) is 3. The quantitative estimate of drug-likeness (QED) is 0.694. The van der Waals surface area contributed by atoms with Crippen molar-refractivity contribution in [3.8, 4) is 0 Å². The van der Waals surface area contributed by atoms with Gasteiger partial charge in [0.15, 0.2) is 5.82 Å². The topological polar surface area (TPSA) is 100 Å². The van der Waals surface area contributed by atoms with Gasteiger partial charge in [0.2, 0.25) is 5.95 Å². The highest BCUT2D eigenvalue weighted by atomic mass is 19.1. The van der Waals surface area contributed by atoms with Crippen molar-refractivity contribution in [3.63, 3.8) is 0 Å². The predicted octanol–water partition coefficient (Wildman–Crippen LogP) is 2.78. The zero-order valence-electron chi connectivity index (χ0n) is 15.1. The van der Waals surface area contributed by atoms with Gasteiger partial charge in [0.05, 0.1) is 36.0 Å². The fourth-order valence-corrected chi connectivity index (χ4v) is 3.86. The van der Waals surface area contributed by atoms with Crippen LogP contribution in [0.25, 0.3) is 0 Å². The van der Waals surface area contributed by atoms with Crippen molar-refractivity contribution in [1.82, 2.24) is 15.0 Å². The third-order valence-corrected chi connectivity index (χ3v) is 5.27. The summed E-state index contributed by atoms with van der Waals surface area (Å²) in [6.07, 6.45) is 6.50. The molecule has 3 heterocycles. The first-order valence-corrected chi connectivity index (χ1v) is 9.01. The number of aliphatic carboxylic acids is 1. The van der Waals surface area contributed by atoms with Gasteiger partial charge in [-0.05, 0) is 18.4 Å². The maximum atomic E-state index is 14.5. The molecule has 4 atom stereocenters. The van der Waals surface area contributed by atoms with Crippen LogP contribution in [-0.2, 0) is 4.79 Å². The minimum Gasteiger partial charge on any atom is -0.481 e. The van der Waals surface area contributed by atoms with Gasteiger partial charge >= 0.3 is 5.97 Å². The van der Waals surface area contributed by atoms with E-state index in [1.54, 1.807) is 6.08 Å². The van der Waals surface area contributed by atoms with Gasteiger partial charge in [-0.1, -0.05) is 19.1 Å². The van der Waals surface area contributed by atoms with Crippen LogP contribution in [0, 0.1) is 23.5 Å². The van der Waals surface area contributed by atoms with Crippen molar-refractivity contribution in [2.45, 2.75) is 25.3 Å². The molecule has 0 saturated carbocycles. The lowest BCUT2D eigenvalue weighted by Crippen LogP contribution is -2.39. The normalized spacial score (nSPS) is 25.8. The summed E-state index contributed by atoms with van der Waals surface area (Å²) in [5, 5.41) is 15.6. The standard InChI is InChI=1S/C19H19F2N5O2/c1-9-3-2-4-14(15(9)18(27)28)25-19-24-8-13(21)16(26-19)12-7-23-17-11(12)5-10(20)6-22-17/h2,4-6,8-9,12,14-15H,3,7H2,1H3,(H,22,23)(H,27,28)(H,24,25,26)/t9?,12?,14?,15-/m0/s1. The SMILES string of the molecule is CC1CC=CC(Nc2ncc(F)c(C3CNc4ncc(F)cc43)n2)[C@H]1C(=O)O. The van der Waals surface area contributed by atoms with Crippen LogP contribution < -0.4 is 10.6 Å². The number of carboxylic acid groups (broad SMARTS) is 1. The first-order valence-electron chi connectivity index (χ1n) is 9.01. The van der Waals surface area contributed by atoms with Crippen molar-refractivity contribution in [2.24, 2.45) is 11.8 Å². The molecule has 0 fully saturated rings. The highest BCUT2D eigenvalue weighted by molar-refractivity contribution is 5.72. The Morgan fingerprint density at radius 3 is 2.93 bits per heavy atom. The fraction of sp³-hybridized carbons (Fsp3) is 0.368. The highest BCUT2D eigenvalue weighted by Crippen LogP contribution is 2.35. The van der Waals surface area contributed by atoms with Crippen LogP contribution in [0.4, 0.5) is 20.5 Å². The van der Waals surface area contributed by atoms with Gasteiger partial charge in [0.25, 0.3) is 0 Å². The Bertz CT molecular complexity index is 952. The van der Waals surface area contributed by atoms with Crippen molar-refractivity contribution >= 4 is 17.7 Å². The molecule has 1 aliphatic heterocycles. The predicted molar refractivity (Wildman–Crippen MR) is 98.0 cm³/mol. The second kappa shape index (κ2) is 7.14. The summed E-state index contributed by atoms with van der Waals surface area (Å²) < 4.78 is 28.1. The maximum Gasteiger partial charge on any atom is 0.309 e. The number of halogens is 2. The largest absolute Gasteiger partial charge is 0.481 e. The van der Waals surface area contributed by atoms with Crippen molar-refractivity contribution < 1.29 is 18.7 Å². The third kappa shape index (κ3) is 3.28. The molecule has 0 amide bonds. The molecule has 0 saturated heterocycles. The number of fused-ring (bicyclic) bond motifs is 1. The van der Waals surface area contributed by atoms with E-state index in [2.05, 4.69) is 25.6 Å². The van der Waals surface area contributed by atoms with Gasteiger partial charge in [-0.15, -0.1) is 0 Å². The Balaban J connectivity index is 1.64. The molecule has 28 heavy (non-hydrogen) atoms. The number of nitrogens with one attached hydrogen (secondary N) is 2. The lowest BCUT2D eigenvalue weighted by Gasteiger charge is -2.30. The second-order valence-electron chi connectivity index (χ2n) is 7.13. The van der Waals surface area contributed by atoms with E-state index in [9.17, 15) is 18.7 Å². The molecule has 2 aliphatic rings. The van der Waals surface area contributed by atoms with Crippen molar-refractivity contribution in [1.29, 1.82) is 0 Å². The summed E-state index contributed by atoms with van der Waals surface area (Å²) in [7, 11) is 0. The van der Waals surface area contributed by atoms with Crippen LogP contribution in [0.15, 0.2) is 30.6 Å². The molecule has 9 heteroatoms. The van der Waals surface area contributed by atoms with Gasteiger partial charge in [-0.2, -0.15) is 0 Å². The summed E-state index contributed by atoms with van der Waals surface area (Å²) >= 11 is 0. The van der Waals surface area contributed by atoms with E-state index in [4.69, 9.17) is 0 Å². The number of pyridine rings is 1. The zero-order valence-corrected chi connectivity index (χ0v) is 15.1. The minimum absolute atomic E-state index is 0.0557. The van der Waals surface area contributed by atoms with Crippen LogP contribution in [0.1, 0.15) is 30.5 Å². The Morgan fingerprint density at radius 1 is 1.32 bits per heavy atom. The molecule has 3 N–H and O–H groups in total. The van der Waals surface area contributed by atoms with Crippen LogP contribution in [0.2, 0.25) is 0 Å². The molecule has 4 rings (SSSR count). The van der Waals surface area contributed by atoms with E-state index < -0.39 is 35.5 Å². The fourth-order valence-electron chi connectivity index (χ4n) is 3.86. The van der Waals surface area contributed by atoms with Crippen molar-refractivity contribution in [2.75, 3.05) is 17.2 Å². The van der Waals surface area contributed by atoms with Crippen molar-refractivity contribution in [3.05, 3.63) is 53.5 Å². The molecule has 2 aromatic heterocycles. The summed E-state index contributed by atoms with van der Waals surface area (Å²) in [6.45, 7) is 2.20. The molecule has 1 aliphatic carbocycles. The molecule has 3 unspecified atom stereocenters. The molecule has 2 aromatic rings. The second-order valence-corrected chi connectivity index (χ2v) is 7.13. The van der Waals surface area contributed by atoms with E-state index in [0.717, 1.165) is 12.4 Å². The number of allylic oxidation sites excluding steroid dienone is 1. The average Bonchev–Trinajstić information content (AvgIpc) is 3.06. The van der Waals surface area contributed by atoms with Crippen LogP contribution in [0.5, 0.6) is 0 Å². The molecule has 0 radical (unpaired) electrons. The van der Waals surface area contributed by atoms with E-state index in [-0.39, 0.29) is 17.6 Å². The molecule has 146 valence electrons. The number of carbonyl (C=O) groups is 1. The first-order chi connectivity index (χ1) is 13.4. The summed E-state index contributed by atoms with van der Waals surface area (Å²) in [5.74, 6) is -2.63. The number of rotatable bonds is 4. The maximum absolute atomic E-state index is 14.5. The Hall–Kier alpha value is -3.10. The number of nitrogens with zero attached hydrogens (tertiary/aromatic N) is 3. The summed E-state index contributed by atoms with van der Waals surface area (Å²) in [5.41, 5.74) is 0.633. The summed E-state index contributed by atoms with van der Waals surface area (Å²) in [6, 6.07) is 0.806. The Kier molecular flexibility index (Phi) is 4.66. The molecular weight excluding hydrogens is 368 g/mol. The number of aromatic nitrogens is 3. The molecule has 0 bridgehead atoms. The van der Waals surface area contributed by atoms with E-state index in [0.29, 0.717) is 24.3 Å². The smallest absolute Gasteiger partial charge is 0.309 e. The van der Waals surface area contributed by atoms with Gasteiger partial charge in [-0.25, -0.2) is 23.7 Å². The summed E-state index contributed by atoms with van der Waals surface area (Å²) in [4.78, 5) is 23.9. The monoisotopic (exact) mass is 387 g/mol. The zero-order chi connectivity index (χ0) is 19.8. The van der Waals surface area contributed by atoms with Crippen LogP contribution in [0.3, 0.4) is 0 Å². The number of hydrogen-bond acceptors (Lipinski definition) is 6. The Morgan fingerprint density at radius 2 is 2.14 bits per heavy atom. The lowest BCUT2D eigenvalue weighted by atomic mass is 9.81. The Labute approximate surface area is 159 Å². The van der Waals surface area contributed by atoms with Crippen LogP contribution >= 0.6 is 0 Å². The van der Waals surface area contributed by atoms with E-state index in [1.807, 2.05) is 13.0 Å². The molecular formula is C19H19F2N5O2. The van der Waals surface area contributed by atoms with Gasteiger partial charge < -0.3 is 15.7 Å². The highest BCUT2D eigenvalue weighted by Gasteiger charge is 2.35. The van der Waals surface area contributed by atoms with E-state index >= 15 is 0 Å². The molecule has 0 spiro atoms.